The van der Waals surface area contributed by atoms with E-state index in [-0.39, 0.29) is 24.3 Å². The van der Waals surface area contributed by atoms with Crippen molar-refractivity contribution in [3.05, 3.63) is 46.0 Å². The SMILES string of the molecule is CC(=O)N1CCN(c2nc3c(s2)C[C@H](C(=O)NCc2cc(F)cc(F)c2)CC3)CC1. The van der Waals surface area contributed by atoms with E-state index in [1.165, 1.54) is 12.1 Å². The van der Waals surface area contributed by atoms with Crippen LogP contribution in [0.2, 0.25) is 0 Å². The third kappa shape index (κ3) is 4.61. The molecule has 2 aliphatic rings. The molecule has 1 saturated heterocycles. The van der Waals surface area contributed by atoms with Crippen molar-refractivity contribution in [1.29, 1.82) is 0 Å². The van der Waals surface area contributed by atoms with Gasteiger partial charge in [0, 0.05) is 56.5 Å². The lowest BCUT2D eigenvalue weighted by atomic mass is 9.90. The average molecular weight is 435 g/mol. The minimum absolute atomic E-state index is 0.0999. The Hall–Kier alpha value is -2.55. The van der Waals surface area contributed by atoms with E-state index in [2.05, 4.69) is 10.2 Å². The van der Waals surface area contributed by atoms with Crippen molar-refractivity contribution in [2.24, 2.45) is 5.92 Å². The topological polar surface area (TPSA) is 65.5 Å². The normalized spacial score (nSPS) is 18.8. The summed E-state index contributed by atoms with van der Waals surface area (Å²) in [4.78, 5) is 34.0. The van der Waals surface area contributed by atoms with Gasteiger partial charge >= 0.3 is 0 Å². The Labute approximate surface area is 177 Å². The van der Waals surface area contributed by atoms with Crippen LogP contribution >= 0.6 is 11.3 Å². The van der Waals surface area contributed by atoms with E-state index in [9.17, 15) is 18.4 Å². The summed E-state index contributed by atoms with van der Waals surface area (Å²) in [6.07, 6.45) is 2.08. The molecule has 2 heterocycles. The molecule has 4 rings (SSSR count). The number of hydrogen-bond donors (Lipinski definition) is 1. The number of nitrogens with zero attached hydrogens (tertiary/aromatic N) is 3. The van der Waals surface area contributed by atoms with E-state index in [0.29, 0.717) is 31.5 Å². The van der Waals surface area contributed by atoms with Gasteiger partial charge in [-0.05, 0) is 37.0 Å². The molecule has 0 bridgehead atoms. The Bertz CT molecular complexity index is 936. The molecule has 1 fully saturated rings. The first-order chi connectivity index (χ1) is 14.4. The van der Waals surface area contributed by atoms with E-state index in [0.717, 1.165) is 41.3 Å². The number of benzene rings is 1. The second kappa shape index (κ2) is 8.67. The van der Waals surface area contributed by atoms with Crippen molar-refractivity contribution in [3.63, 3.8) is 0 Å². The van der Waals surface area contributed by atoms with Gasteiger partial charge in [0.2, 0.25) is 11.8 Å². The summed E-state index contributed by atoms with van der Waals surface area (Å²) >= 11 is 1.62. The van der Waals surface area contributed by atoms with Crippen molar-refractivity contribution < 1.29 is 18.4 Å². The maximum atomic E-state index is 13.3. The van der Waals surface area contributed by atoms with Crippen molar-refractivity contribution in [1.82, 2.24) is 15.2 Å². The van der Waals surface area contributed by atoms with Crippen molar-refractivity contribution in [2.45, 2.75) is 32.7 Å². The number of fused-ring (bicyclic) bond motifs is 1. The third-order valence-corrected chi connectivity index (χ3v) is 6.86. The van der Waals surface area contributed by atoms with Crippen molar-refractivity contribution in [2.75, 3.05) is 31.1 Å². The molecule has 1 aromatic heterocycles. The first-order valence-electron chi connectivity index (χ1n) is 10.1. The second-order valence-corrected chi connectivity index (χ2v) is 8.86. The number of halogens is 2. The van der Waals surface area contributed by atoms with Crippen LogP contribution in [-0.4, -0.2) is 47.9 Å². The summed E-state index contributed by atoms with van der Waals surface area (Å²) < 4.78 is 26.6. The fourth-order valence-corrected chi connectivity index (χ4v) is 5.22. The van der Waals surface area contributed by atoms with Crippen LogP contribution in [0.3, 0.4) is 0 Å². The number of anilines is 1. The first kappa shape index (κ1) is 20.7. The number of aryl methyl sites for hydroxylation is 1. The number of amides is 2. The van der Waals surface area contributed by atoms with Gasteiger partial charge in [0.15, 0.2) is 5.13 Å². The number of aromatic nitrogens is 1. The number of carbonyl (C=O) groups is 2. The highest BCUT2D eigenvalue weighted by Crippen LogP contribution is 2.34. The number of piperazine rings is 1. The quantitative estimate of drug-likeness (QED) is 0.803. The fraction of sp³-hybridized carbons (Fsp3) is 0.476. The van der Waals surface area contributed by atoms with Gasteiger partial charge in [-0.25, -0.2) is 13.8 Å². The van der Waals surface area contributed by atoms with E-state index in [4.69, 9.17) is 4.98 Å². The maximum absolute atomic E-state index is 13.3. The van der Waals surface area contributed by atoms with Crippen LogP contribution in [0.25, 0.3) is 0 Å². The second-order valence-electron chi connectivity index (χ2n) is 7.79. The molecular formula is C21H24F2N4O2S. The number of thiazole rings is 1. The molecule has 160 valence electrons. The van der Waals surface area contributed by atoms with Crippen molar-refractivity contribution >= 4 is 28.3 Å². The van der Waals surface area contributed by atoms with Crippen LogP contribution in [0, 0.1) is 17.6 Å². The zero-order valence-electron chi connectivity index (χ0n) is 16.8. The highest BCUT2D eigenvalue weighted by Gasteiger charge is 2.29. The number of hydrogen-bond acceptors (Lipinski definition) is 5. The van der Waals surface area contributed by atoms with Gasteiger partial charge in [0.25, 0.3) is 0 Å². The van der Waals surface area contributed by atoms with E-state index < -0.39 is 11.6 Å². The molecule has 1 aliphatic heterocycles. The summed E-state index contributed by atoms with van der Waals surface area (Å²) in [5, 5.41) is 3.76. The highest BCUT2D eigenvalue weighted by molar-refractivity contribution is 7.15. The van der Waals surface area contributed by atoms with E-state index >= 15 is 0 Å². The van der Waals surface area contributed by atoms with Gasteiger partial charge in [-0.2, -0.15) is 0 Å². The molecule has 1 aromatic carbocycles. The Morgan fingerprint density at radius 1 is 1.17 bits per heavy atom. The minimum atomic E-state index is -0.650. The van der Waals surface area contributed by atoms with Gasteiger partial charge < -0.3 is 15.1 Å². The molecule has 1 atom stereocenters. The molecule has 2 aromatic rings. The van der Waals surface area contributed by atoms with Crippen LogP contribution < -0.4 is 10.2 Å². The van der Waals surface area contributed by atoms with Gasteiger partial charge in [-0.15, -0.1) is 11.3 Å². The molecule has 0 spiro atoms. The molecule has 9 heteroatoms. The Kier molecular flexibility index (Phi) is 5.99. The predicted molar refractivity (Wildman–Crippen MR) is 110 cm³/mol. The average Bonchev–Trinajstić information content (AvgIpc) is 3.14. The van der Waals surface area contributed by atoms with Crippen LogP contribution in [-0.2, 0) is 29.0 Å². The molecule has 1 aliphatic carbocycles. The van der Waals surface area contributed by atoms with Gasteiger partial charge in [0.05, 0.1) is 5.69 Å². The van der Waals surface area contributed by atoms with Crippen LogP contribution in [0.1, 0.15) is 29.5 Å². The molecule has 0 saturated carbocycles. The van der Waals surface area contributed by atoms with E-state index in [1.54, 1.807) is 18.3 Å². The molecule has 30 heavy (non-hydrogen) atoms. The third-order valence-electron chi connectivity index (χ3n) is 5.68. The molecule has 0 radical (unpaired) electrons. The molecular weight excluding hydrogens is 410 g/mol. The zero-order valence-corrected chi connectivity index (χ0v) is 17.6. The Morgan fingerprint density at radius 3 is 2.53 bits per heavy atom. The smallest absolute Gasteiger partial charge is 0.223 e. The highest BCUT2D eigenvalue weighted by atomic mass is 32.1. The monoisotopic (exact) mass is 434 g/mol. The van der Waals surface area contributed by atoms with Gasteiger partial charge in [0.1, 0.15) is 11.6 Å². The van der Waals surface area contributed by atoms with Gasteiger partial charge in [-0.1, -0.05) is 0 Å². The van der Waals surface area contributed by atoms with Crippen molar-refractivity contribution in [3.8, 4) is 0 Å². The largest absolute Gasteiger partial charge is 0.352 e. The zero-order chi connectivity index (χ0) is 21.3. The van der Waals surface area contributed by atoms with Crippen LogP contribution in [0.4, 0.5) is 13.9 Å². The first-order valence-corrected chi connectivity index (χ1v) is 10.9. The number of nitrogens with one attached hydrogen (secondary N) is 1. The van der Waals surface area contributed by atoms with E-state index in [1.807, 2.05) is 4.90 Å². The predicted octanol–water partition coefficient (Wildman–Crippen LogP) is 2.51. The Morgan fingerprint density at radius 2 is 1.87 bits per heavy atom. The fourth-order valence-electron chi connectivity index (χ4n) is 3.98. The van der Waals surface area contributed by atoms with Crippen LogP contribution in [0.5, 0.6) is 0 Å². The maximum Gasteiger partial charge on any atom is 0.223 e. The number of carbonyl (C=O) groups excluding carboxylic acids is 2. The summed E-state index contributed by atoms with van der Waals surface area (Å²) in [5.41, 5.74) is 1.46. The lowest BCUT2D eigenvalue weighted by Crippen LogP contribution is -2.48. The molecule has 0 unspecified atom stereocenters. The minimum Gasteiger partial charge on any atom is -0.352 e. The van der Waals surface area contributed by atoms with Crippen LogP contribution in [0.15, 0.2) is 18.2 Å². The standard InChI is InChI=1S/C21H24F2N4O2S/c1-13(28)26-4-6-27(7-5-26)21-25-18-3-2-15(10-19(18)30-21)20(29)24-12-14-8-16(22)11-17(23)9-14/h8-9,11,15H,2-7,10,12H2,1H3,(H,24,29)/t15-/m1/s1. The molecule has 6 nitrogen and oxygen atoms in total. The lowest BCUT2D eigenvalue weighted by molar-refractivity contribution is -0.129. The summed E-state index contributed by atoms with van der Waals surface area (Å²) in [5.74, 6) is -1.47. The molecule has 1 N–H and O–H groups in total. The summed E-state index contributed by atoms with van der Waals surface area (Å²) in [7, 11) is 0. The number of rotatable bonds is 4. The Balaban J connectivity index is 1.34. The lowest BCUT2D eigenvalue weighted by Gasteiger charge is -2.33. The summed E-state index contributed by atoms with van der Waals surface area (Å²) in [6.45, 7) is 4.62. The van der Waals surface area contributed by atoms with Gasteiger partial charge in [-0.3, -0.25) is 9.59 Å². The summed E-state index contributed by atoms with van der Waals surface area (Å²) in [6, 6.07) is 3.27. The molecule has 2 amide bonds.